The van der Waals surface area contributed by atoms with Gasteiger partial charge >= 0.3 is 0 Å². The highest BCUT2D eigenvalue weighted by Crippen LogP contribution is 2.29. The summed E-state index contributed by atoms with van der Waals surface area (Å²) in [4.78, 5) is 1.44. The van der Waals surface area contributed by atoms with E-state index in [0.29, 0.717) is 6.04 Å². The Labute approximate surface area is 114 Å². The van der Waals surface area contributed by atoms with E-state index in [2.05, 4.69) is 61.8 Å². The van der Waals surface area contributed by atoms with Crippen LogP contribution < -0.4 is 5.32 Å². The van der Waals surface area contributed by atoms with Gasteiger partial charge in [-0.1, -0.05) is 38.1 Å². The smallest absolute Gasteiger partial charge is 0.0673 e. The fourth-order valence-electron chi connectivity index (χ4n) is 2.24. The Bertz CT molecular complexity index is 501. The molecule has 2 aromatic rings. The average molecular weight is 259 g/mol. The van der Waals surface area contributed by atoms with Gasteiger partial charge in [0.1, 0.15) is 0 Å². The molecular formula is C16H21NS. The number of nitrogens with one attached hydrogen (secondary N) is 1. The van der Waals surface area contributed by atoms with Crippen molar-refractivity contribution in [3.8, 4) is 0 Å². The minimum atomic E-state index is 0.335. The molecule has 2 rings (SSSR count). The third-order valence-electron chi connectivity index (χ3n) is 3.26. The van der Waals surface area contributed by atoms with Gasteiger partial charge in [0.15, 0.2) is 0 Å². The molecule has 0 saturated heterocycles. The number of benzene rings is 1. The summed E-state index contributed by atoms with van der Waals surface area (Å²) < 4.78 is 0. The number of thiophene rings is 1. The van der Waals surface area contributed by atoms with Crippen molar-refractivity contribution in [1.29, 1.82) is 0 Å². The van der Waals surface area contributed by atoms with Gasteiger partial charge in [-0.25, -0.2) is 0 Å². The first-order valence-corrected chi connectivity index (χ1v) is 7.50. The lowest BCUT2D eigenvalue weighted by Gasteiger charge is -2.19. The summed E-state index contributed by atoms with van der Waals surface area (Å²) in [6.07, 6.45) is 1.09. The summed E-state index contributed by atoms with van der Waals surface area (Å²) in [5, 5.41) is 5.78. The Morgan fingerprint density at radius 1 is 1.22 bits per heavy atom. The first kappa shape index (κ1) is 13.3. The second-order valence-corrected chi connectivity index (χ2v) is 5.50. The number of rotatable bonds is 5. The summed E-state index contributed by atoms with van der Waals surface area (Å²) in [6, 6.07) is 11.5. The fourth-order valence-corrected chi connectivity index (χ4v) is 3.27. The van der Waals surface area contributed by atoms with Crippen LogP contribution in [0, 0.1) is 6.92 Å². The van der Waals surface area contributed by atoms with E-state index < -0.39 is 0 Å². The van der Waals surface area contributed by atoms with Crippen LogP contribution in [0.25, 0.3) is 0 Å². The molecule has 0 aliphatic carbocycles. The summed E-state index contributed by atoms with van der Waals surface area (Å²) in [5.74, 6) is 0. The lowest BCUT2D eigenvalue weighted by Crippen LogP contribution is -2.21. The molecule has 0 bridgehead atoms. The first-order chi connectivity index (χ1) is 8.76. The van der Waals surface area contributed by atoms with E-state index in [-0.39, 0.29) is 0 Å². The van der Waals surface area contributed by atoms with Gasteiger partial charge in [-0.2, -0.15) is 0 Å². The van der Waals surface area contributed by atoms with E-state index in [0.717, 1.165) is 13.0 Å². The van der Waals surface area contributed by atoms with Gasteiger partial charge in [-0.15, -0.1) is 11.3 Å². The maximum Gasteiger partial charge on any atom is 0.0673 e. The molecule has 1 atom stereocenters. The SMILES string of the molecule is CCNC(c1cccc(CC)c1)c1sccc1C. The van der Waals surface area contributed by atoms with Crippen LogP contribution in [-0.4, -0.2) is 6.54 Å². The van der Waals surface area contributed by atoms with Crippen LogP contribution in [0.4, 0.5) is 0 Å². The Balaban J connectivity index is 2.38. The molecule has 96 valence electrons. The van der Waals surface area contributed by atoms with Crippen LogP contribution in [0.2, 0.25) is 0 Å². The lowest BCUT2D eigenvalue weighted by molar-refractivity contribution is 0.636. The van der Waals surface area contributed by atoms with Crippen molar-refractivity contribution >= 4 is 11.3 Å². The minimum Gasteiger partial charge on any atom is -0.306 e. The van der Waals surface area contributed by atoms with Crippen molar-refractivity contribution in [1.82, 2.24) is 5.32 Å². The molecule has 1 nitrogen and oxygen atoms in total. The number of aryl methyl sites for hydroxylation is 2. The topological polar surface area (TPSA) is 12.0 Å². The Morgan fingerprint density at radius 2 is 2.06 bits per heavy atom. The molecule has 0 fully saturated rings. The van der Waals surface area contributed by atoms with Crippen LogP contribution in [0.3, 0.4) is 0 Å². The molecule has 0 amide bonds. The van der Waals surface area contributed by atoms with E-state index in [1.165, 1.54) is 21.6 Å². The van der Waals surface area contributed by atoms with E-state index >= 15 is 0 Å². The quantitative estimate of drug-likeness (QED) is 0.843. The molecular weight excluding hydrogens is 238 g/mol. The third kappa shape index (κ3) is 2.82. The Morgan fingerprint density at radius 3 is 2.67 bits per heavy atom. The highest BCUT2D eigenvalue weighted by molar-refractivity contribution is 7.10. The zero-order valence-electron chi connectivity index (χ0n) is 11.4. The second-order valence-electron chi connectivity index (χ2n) is 4.56. The maximum absolute atomic E-state index is 3.60. The molecule has 0 spiro atoms. The van der Waals surface area contributed by atoms with Crippen LogP contribution >= 0.6 is 11.3 Å². The standard InChI is InChI=1S/C16H21NS/c1-4-13-7-6-8-14(11-13)15(17-5-2)16-12(3)9-10-18-16/h6-11,15,17H,4-5H2,1-3H3. The highest BCUT2D eigenvalue weighted by Gasteiger charge is 2.16. The van der Waals surface area contributed by atoms with Crippen molar-refractivity contribution in [2.24, 2.45) is 0 Å². The normalized spacial score (nSPS) is 12.6. The van der Waals surface area contributed by atoms with Crippen LogP contribution in [0.15, 0.2) is 35.7 Å². The summed E-state index contributed by atoms with van der Waals surface area (Å²) in [6.45, 7) is 7.55. The average Bonchev–Trinajstić information content (AvgIpc) is 2.82. The molecule has 1 aromatic carbocycles. The van der Waals surface area contributed by atoms with Gasteiger partial charge in [-0.05, 0) is 48.0 Å². The van der Waals surface area contributed by atoms with E-state index in [4.69, 9.17) is 0 Å². The van der Waals surface area contributed by atoms with Gasteiger partial charge in [-0.3, -0.25) is 0 Å². The van der Waals surface area contributed by atoms with Crippen molar-refractivity contribution < 1.29 is 0 Å². The van der Waals surface area contributed by atoms with Gasteiger partial charge in [0.05, 0.1) is 6.04 Å². The van der Waals surface area contributed by atoms with Crippen LogP contribution in [-0.2, 0) is 6.42 Å². The largest absolute Gasteiger partial charge is 0.306 e. The molecule has 0 radical (unpaired) electrons. The number of hydrogen-bond donors (Lipinski definition) is 1. The first-order valence-electron chi connectivity index (χ1n) is 6.62. The maximum atomic E-state index is 3.60. The molecule has 1 aromatic heterocycles. The van der Waals surface area contributed by atoms with Crippen molar-refractivity contribution in [2.45, 2.75) is 33.2 Å². The van der Waals surface area contributed by atoms with E-state index in [1.807, 2.05) is 11.3 Å². The van der Waals surface area contributed by atoms with Gasteiger partial charge in [0, 0.05) is 4.88 Å². The van der Waals surface area contributed by atoms with Gasteiger partial charge in [0.25, 0.3) is 0 Å². The van der Waals surface area contributed by atoms with Crippen LogP contribution in [0.1, 0.15) is 41.5 Å². The zero-order chi connectivity index (χ0) is 13.0. The third-order valence-corrected chi connectivity index (χ3v) is 4.35. The summed E-state index contributed by atoms with van der Waals surface area (Å²) in [5.41, 5.74) is 4.17. The summed E-state index contributed by atoms with van der Waals surface area (Å²) in [7, 11) is 0. The van der Waals surface area contributed by atoms with E-state index in [9.17, 15) is 0 Å². The molecule has 1 N–H and O–H groups in total. The molecule has 18 heavy (non-hydrogen) atoms. The lowest BCUT2D eigenvalue weighted by atomic mass is 10.00. The molecule has 1 heterocycles. The second kappa shape index (κ2) is 6.17. The molecule has 1 unspecified atom stereocenters. The molecule has 0 aliphatic heterocycles. The Hall–Kier alpha value is -1.12. The number of hydrogen-bond acceptors (Lipinski definition) is 2. The molecule has 0 aliphatic rings. The Kier molecular flexibility index (Phi) is 4.56. The zero-order valence-corrected chi connectivity index (χ0v) is 12.2. The summed E-state index contributed by atoms with van der Waals surface area (Å²) >= 11 is 1.84. The minimum absolute atomic E-state index is 0.335. The monoisotopic (exact) mass is 259 g/mol. The predicted octanol–water partition coefficient (Wildman–Crippen LogP) is 4.32. The van der Waals surface area contributed by atoms with Crippen LogP contribution in [0.5, 0.6) is 0 Å². The van der Waals surface area contributed by atoms with Crippen molar-refractivity contribution in [3.05, 3.63) is 57.3 Å². The van der Waals surface area contributed by atoms with Gasteiger partial charge in [0.2, 0.25) is 0 Å². The molecule has 2 heteroatoms. The highest BCUT2D eigenvalue weighted by atomic mass is 32.1. The van der Waals surface area contributed by atoms with Crippen molar-refractivity contribution in [3.63, 3.8) is 0 Å². The van der Waals surface area contributed by atoms with Gasteiger partial charge < -0.3 is 5.32 Å². The van der Waals surface area contributed by atoms with E-state index in [1.54, 1.807) is 0 Å². The predicted molar refractivity (Wildman–Crippen MR) is 80.4 cm³/mol. The van der Waals surface area contributed by atoms with Crippen molar-refractivity contribution in [2.75, 3.05) is 6.54 Å². The fraction of sp³-hybridized carbons (Fsp3) is 0.375. The molecule has 0 saturated carbocycles.